The molecule has 1 aromatic carbocycles. The molecule has 0 saturated heterocycles. The third-order valence-corrected chi connectivity index (χ3v) is 3.92. The third-order valence-electron chi connectivity index (χ3n) is 2.66. The zero-order chi connectivity index (χ0) is 14.8. The Kier molecular flexibility index (Phi) is 4.10. The van der Waals surface area contributed by atoms with Crippen LogP contribution in [0.15, 0.2) is 39.8 Å². The Morgan fingerprint density at radius 2 is 2.00 bits per heavy atom. The van der Waals surface area contributed by atoms with Gasteiger partial charge in [-0.25, -0.2) is 4.39 Å². The fraction of sp³-hybridized carbons (Fsp3) is 0.231. The predicted molar refractivity (Wildman–Crippen MR) is 73.4 cm³/mol. The van der Waals surface area contributed by atoms with E-state index in [9.17, 15) is 12.8 Å². The maximum Gasteiger partial charge on any atom is 0.295 e. The molecule has 5 nitrogen and oxygen atoms in total. The van der Waals surface area contributed by atoms with E-state index in [4.69, 9.17) is 4.42 Å². The molecule has 0 radical (unpaired) electrons. The molecule has 0 atom stereocenters. The average molecular weight is 298 g/mol. The second-order valence-corrected chi connectivity index (χ2v) is 5.93. The lowest BCUT2D eigenvalue weighted by Crippen LogP contribution is -2.12. The van der Waals surface area contributed by atoms with Gasteiger partial charge in [-0.15, -0.1) is 0 Å². The van der Waals surface area contributed by atoms with Crippen LogP contribution < -0.4 is 10.0 Å². The van der Waals surface area contributed by atoms with E-state index < -0.39 is 10.0 Å². The second kappa shape index (κ2) is 5.64. The van der Waals surface area contributed by atoms with E-state index in [0.717, 1.165) is 0 Å². The zero-order valence-corrected chi connectivity index (χ0v) is 11.9. The molecule has 2 rings (SSSR count). The Labute approximate surface area is 116 Å². The maximum atomic E-state index is 13.1. The Morgan fingerprint density at radius 3 is 2.65 bits per heavy atom. The molecule has 0 amide bonds. The minimum Gasteiger partial charge on any atom is -0.446 e. The van der Waals surface area contributed by atoms with Gasteiger partial charge in [0.15, 0.2) is 0 Å². The van der Waals surface area contributed by atoms with E-state index in [1.165, 1.54) is 24.3 Å². The van der Waals surface area contributed by atoms with Crippen LogP contribution in [0, 0.1) is 12.7 Å². The van der Waals surface area contributed by atoms with Crippen molar-refractivity contribution in [2.45, 2.75) is 18.6 Å². The maximum absolute atomic E-state index is 13.1. The standard InChI is InChI=1S/C13H15FN2O3S/c1-9-7-10(3-5-12(9)14)16-20(17,18)13-6-4-11(19-13)8-15-2/h3-7,15-16H,8H2,1-2H3. The molecule has 1 heterocycles. The summed E-state index contributed by atoms with van der Waals surface area (Å²) in [7, 11) is -2.07. The van der Waals surface area contributed by atoms with Gasteiger partial charge in [-0.2, -0.15) is 8.42 Å². The highest BCUT2D eigenvalue weighted by atomic mass is 32.2. The summed E-state index contributed by atoms with van der Waals surface area (Å²) in [5.74, 6) is 0.130. The van der Waals surface area contributed by atoms with Crippen molar-refractivity contribution >= 4 is 15.7 Å². The van der Waals surface area contributed by atoms with Crippen molar-refractivity contribution in [1.82, 2.24) is 5.32 Å². The molecule has 0 aliphatic rings. The quantitative estimate of drug-likeness (QED) is 0.888. The van der Waals surface area contributed by atoms with Gasteiger partial charge in [0, 0.05) is 5.69 Å². The van der Waals surface area contributed by atoms with Crippen LogP contribution >= 0.6 is 0 Å². The summed E-state index contributed by atoms with van der Waals surface area (Å²) in [5.41, 5.74) is 0.649. The van der Waals surface area contributed by atoms with Crippen molar-refractivity contribution in [1.29, 1.82) is 0 Å². The summed E-state index contributed by atoms with van der Waals surface area (Å²) in [5, 5.41) is 2.69. The number of furan rings is 1. The van der Waals surface area contributed by atoms with Crippen molar-refractivity contribution < 1.29 is 17.2 Å². The van der Waals surface area contributed by atoms with Crippen molar-refractivity contribution in [3.05, 3.63) is 47.5 Å². The summed E-state index contributed by atoms with van der Waals surface area (Å²) in [6, 6.07) is 6.95. The van der Waals surface area contributed by atoms with Gasteiger partial charge in [0.05, 0.1) is 6.54 Å². The van der Waals surface area contributed by atoms with Crippen LogP contribution in [0.25, 0.3) is 0 Å². The van der Waals surface area contributed by atoms with Crippen LogP contribution in [-0.2, 0) is 16.6 Å². The van der Waals surface area contributed by atoms with Gasteiger partial charge >= 0.3 is 0 Å². The molecule has 2 aromatic rings. The number of rotatable bonds is 5. The molecule has 20 heavy (non-hydrogen) atoms. The van der Waals surface area contributed by atoms with E-state index in [1.807, 2.05) is 0 Å². The Balaban J connectivity index is 2.23. The molecule has 7 heteroatoms. The smallest absolute Gasteiger partial charge is 0.295 e. The molecule has 1 aromatic heterocycles. The van der Waals surface area contributed by atoms with Gasteiger partial charge in [0.2, 0.25) is 5.09 Å². The summed E-state index contributed by atoms with van der Waals surface area (Å²) >= 11 is 0. The van der Waals surface area contributed by atoms with Gasteiger partial charge in [-0.3, -0.25) is 4.72 Å². The Morgan fingerprint density at radius 1 is 1.25 bits per heavy atom. The molecule has 0 spiro atoms. The van der Waals surface area contributed by atoms with E-state index in [0.29, 0.717) is 17.9 Å². The summed E-state index contributed by atoms with van der Waals surface area (Å²) in [4.78, 5) is 0. The number of hydrogen-bond acceptors (Lipinski definition) is 4. The zero-order valence-electron chi connectivity index (χ0n) is 11.1. The molecule has 0 saturated carbocycles. The number of sulfonamides is 1. The summed E-state index contributed by atoms with van der Waals surface area (Å²) < 4.78 is 44.9. The normalized spacial score (nSPS) is 11.6. The lowest BCUT2D eigenvalue weighted by Gasteiger charge is -2.07. The van der Waals surface area contributed by atoms with E-state index in [1.54, 1.807) is 20.0 Å². The first-order valence-electron chi connectivity index (χ1n) is 5.94. The molecule has 0 unspecified atom stereocenters. The lowest BCUT2D eigenvalue weighted by atomic mass is 10.2. The first-order chi connectivity index (χ1) is 9.42. The minimum atomic E-state index is -3.81. The first-order valence-corrected chi connectivity index (χ1v) is 7.43. The first kappa shape index (κ1) is 14.5. The van der Waals surface area contributed by atoms with Gasteiger partial charge in [0.1, 0.15) is 11.6 Å². The van der Waals surface area contributed by atoms with Crippen molar-refractivity contribution in [3.63, 3.8) is 0 Å². The molecule has 108 valence electrons. The van der Waals surface area contributed by atoms with Crippen LogP contribution in [0.1, 0.15) is 11.3 Å². The highest BCUT2D eigenvalue weighted by Crippen LogP contribution is 2.20. The average Bonchev–Trinajstić information content (AvgIpc) is 2.83. The van der Waals surface area contributed by atoms with Crippen molar-refractivity contribution in [2.75, 3.05) is 11.8 Å². The van der Waals surface area contributed by atoms with Crippen LogP contribution in [0.4, 0.5) is 10.1 Å². The number of benzene rings is 1. The summed E-state index contributed by atoms with van der Waals surface area (Å²) in [6.45, 7) is 2.00. The second-order valence-electron chi connectivity index (χ2n) is 4.32. The fourth-order valence-corrected chi connectivity index (χ4v) is 2.69. The van der Waals surface area contributed by atoms with Gasteiger partial charge in [-0.1, -0.05) is 0 Å². The number of hydrogen-bond donors (Lipinski definition) is 2. The molecule has 2 N–H and O–H groups in total. The number of halogens is 1. The third kappa shape index (κ3) is 3.17. The highest BCUT2D eigenvalue weighted by molar-refractivity contribution is 7.92. The lowest BCUT2D eigenvalue weighted by molar-refractivity contribution is 0.408. The van der Waals surface area contributed by atoms with Crippen LogP contribution in [0.3, 0.4) is 0 Å². The molecule has 0 bridgehead atoms. The summed E-state index contributed by atoms with van der Waals surface area (Å²) in [6.07, 6.45) is 0. The Hall–Kier alpha value is -1.86. The van der Waals surface area contributed by atoms with Gasteiger partial charge in [0.25, 0.3) is 10.0 Å². The number of aryl methyl sites for hydroxylation is 1. The van der Waals surface area contributed by atoms with Crippen molar-refractivity contribution in [2.24, 2.45) is 0 Å². The van der Waals surface area contributed by atoms with Crippen LogP contribution in [-0.4, -0.2) is 15.5 Å². The van der Waals surface area contributed by atoms with Crippen LogP contribution in [0.5, 0.6) is 0 Å². The molecule has 0 aliphatic heterocycles. The minimum absolute atomic E-state index is 0.176. The fourth-order valence-electron chi connectivity index (χ4n) is 1.69. The highest BCUT2D eigenvalue weighted by Gasteiger charge is 2.19. The predicted octanol–water partition coefficient (Wildman–Crippen LogP) is 2.25. The monoisotopic (exact) mass is 298 g/mol. The van der Waals surface area contributed by atoms with E-state index in [2.05, 4.69) is 10.0 Å². The topological polar surface area (TPSA) is 71.3 Å². The molecular formula is C13H15FN2O3S. The molecule has 0 fully saturated rings. The Bertz CT molecular complexity index is 710. The van der Waals surface area contributed by atoms with Crippen LogP contribution in [0.2, 0.25) is 0 Å². The van der Waals surface area contributed by atoms with Gasteiger partial charge < -0.3 is 9.73 Å². The van der Waals surface area contributed by atoms with E-state index in [-0.39, 0.29) is 16.6 Å². The van der Waals surface area contributed by atoms with E-state index >= 15 is 0 Å². The SMILES string of the molecule is CNCc1ccc(S(=O)(=O)Nc2ccc(F)c(C)c2)o1. The van der Waals surface area contributed by atoms with Crippen molar-refractivity contribution in [3.8, 4) is 0 Å². The molecule has 0 aliphatic carbocycles. The number of anilines is 1. The molecular weight excluding hydrogens is 283 g/mol. The van der Waals surface area contributed by atoms with Gasteiger partial charge in [-0.05, 0) is 49.9 Å². The largest absolute Gasteiger partial charge is 0.446 e. The number of nitrogens with one attached hydrogen (secondary N) is 2.